The molecule has 0 aliphatic heterocycles. The first-order valence-corrected chi connectivity index (χ1v) is 8.70. The zero-order valence-corrected chi connectivity index (χ0v) is 18.0. The van der Waals surface area contributed by atoms with Gasteiger partial charge in [-0.25, -0.2) is 0 Å². The highest BCUT2D eigenvalue weighted by molar-refractivity contribution is 14.0. The summed E-state index contributed by atoms with van der Waals surface area (Å²) in [7, 11) is 5.81. The zero-order chi connectivity index (χ0) is 16.4. The first-order valence-electron chi connectivity index (χ1n) is 8.70. The van der Waals surface area contributed by atoms with Crippen molar-refractivity contribution in [3.8, 4) is 0 Å². The van der Waals surface area contributed by atoms with E-state index >= 15 is 0 Å². The number of nitrogens with one attached hydrogen (secondary N) is 2. The first kappa shape index (κ1) is 22.9. The molecule has 1 saturated carbocycles. The largest absolute Gasteiger partial charge is 0.385 e. The third kappa shape index (κ3) is 8.03. The number of ether oxygens (including phenoxy) is 1. The van der Waals surface area contributed by atoms with Gasteiger partial charge in [-0.2, -0.15) is 0 Å². The zero-order valence-electron chi connectivity index (χ0n) is 15.7. The molecule has 138 valence electrons. The Morgan fingerprint density at radius 1 is 1.35 bits per heavy atom. The van der Waals surface area contributed by atoms with Crippen LogP contribution in [0.2, 0.25) is 0 Å². The SMILES string of the molecule is CCC(C)N(C)CCNC(=NC)NCC1(CCOC)CCC1.I. The van der Waals surface area contributed by atoms with Crippen LogP contribution in [-0.2, 0) is 4.74 Å². The van der Waals surface area contributed by atoms with Crippen molar-refractivity contribution in [2.24, 2.45) is 10.4 Å². The second kappa shape index (κ2) is 12.3. The van der Waals surface area contributed by atoms with Crippen molar-refractivity contribution >= 4 is 29.9 Å². The van der Waals surface area contributed by atoms with E-state index < -0.39 is 0 Å². The van der Waals surface area contributed by atoms with Gasteiger partial charge in [-0.15, -0.1) is 24.0 Å². The number of halogens is 1. The van der Waals surface area contributed by atoms with E-state index in [4.69, 9.17) is 4.74 Å². The fourth-order valence-corrected chi connectivity index (χ4v) is 2.89. The summed E-state index contributed by atoms with van der Waals surface area (Å²) in [4.78, 5) is 6.72. The molecule has 5 nitrogen and oxygen atoms in total. The molecule has 23 heavy (non-hydrogen) atoms. The first-order chi connectivity index (χ1) is 10.6. The maximum Gasteiger partial charge on any atom is 0.191 e. The molecule has 1 unspecified atom stereocenters. The molecule has 0 spiro atoms. The molecule has 0 heterocycles. The molecule has 0 aromatic rings. The van der Waals surface area contributed by atoms with Crippen LogP contribution < -0.4 is 10.6 Å². The van der Waals surface area contributed by atoms with Gasteiger partial charge in [-0.3, -0.25) is 4.99 Å². The van der Waals surface area contributed by atoms with Crippen molar-refractivity contribution in [1.82, 2.24) is 15.5 Å². The fraction of sp³-hybridized carbons (Fsp3) is 0.941. The number of hydrogen-bond donors (Lipinski definition) is 2. The van der Waals surface area contributed by atoms with E-state index in [1.807, 2.05) is 7.05 Å². The highest BCUT2D eigenvalue weighted by atomic mass is 127. The van der Waals surface area contributed by atoms with Crippen molar-refractivity contribution in [3.05, 3.63) is 0 Å². The van der Waals surface area contributed by atoms with E-state index in [9.17, 15) is 0 Å². The minimum atomic E-state index is 0. The van der Waals surface area contributed by atoms with Crippen LogP contribution in [0.5, 0.6) is 0 Å². The average molecular weight is 440 g/mol. The molecular weight excluding hydrogens is 403 g/mol. The van der Waals surface area contributed by atoms with Gasteiger partial charge in [0.05, 0.1) is 0 Å². The molecule has 6 heteroatoms. The fourth-order valence-electron chi connectivity index (χ4n) is 2.89. The Labute approximate surface area is 160 Å². The van der Waals surface area contributed by atoms with Gasteiger partial charge in [0.1, 0.15) is 0 Å². The topological polar surface area (TPSA) is 48.9 Å². The number of hydrogen-bond acceptors (Lipinski definition) is 3. The monoisotopic (exact) mass is 440 g/mol. The Balaban J connectivity index is 0.00000484. The van der Waals surface area contributed by atoms with Crippen molar-refractivity contribution in [2.75, 3.05) is 47.4 Å². The summed E-state index contributed by atoms with van der Waals surface area (Å²) in [6.07, 6.45) is 6.28. The summed E-state index contributed by atoms with van der Waals surface area (Å²) in [5.41, 5.74) is 0.418. The second-order valence-electron chi connectivity index (χ2n) is 6.69. The minimum absolute atomic E-state index is 0. The third-order valence-electron chi connectivity index (χ3n) is 5.21. The van der Waals surface area contributed by atoms with Crippen LogP contribution in [0.1, 0.15) is 46.0 Å². The van der Waals surface area contributed by atoms with Crippen LogP contribution in [0, 0.1) is 5.41 Å². The van der Waals surface area contributed by atoms with E-state index in [0.29, 0.717) is 11.5 Å². The van der Waals surface area contributed by atoms with Gasteiger partial charge in [-0.05, 0) is 45.1 Å². The Kier molecular flexibility index (Phi) is 12.3. The van der Waals surface area contributed by atoms with Gasteiger partial charge in [0.15, 0.2) is 5.96 Å². The lowest BCUT2D eigenvalue weighted by Crippen LogP contribution is -2.48. The van der Waals surface area contributed by atoms with Crippen molar-refractivity contribution in [2.45, 2.75) is 52.0 Å². The predicted octanol–water partition coefficient (Wildman–Crippen LogP) is 2.71. The number of methoxy groups -OCH3 is 1. The lowest BCUT2D eigenvalue weighted by atomic mass is 9.67. The number of aliphatic imine (C=N–C) groups is 1. The van der Waals surface area contributed by atoms with E-state index in [1.165, 1.54) is 25.7 Å². The molecular formula is C17H37IN4O. The molecule has 0 radical (unpaired) electrons. The second-order valence-corrected chi connectivity index (χ2v) is 6.69. The predicted molar refractivity (Wildman–Crippen MR) is 110 cm³/mol. The molecule has 1 aliphatic rings. The Bertz CT molecular complexity index is 335. The lowest BCUT2D eigenvalue weighted by Gasteiger charge is -2.42. The van der Waals surface area contributed by atoms with E-state index in [0.717, 1.165) is 38.6 Å². The molecule has 1 fully saturated rings. The van der Waals surface area contributed by atoms with E-state index in [1.54, 1.807) is 7.11 Å². The van der Waals surface area contributed by atoms with Gasteiger partial charge < -0.3 is 20.3 Å². The molecule has 0 amide bonds. The maximum atomic E-state index is 5.25. The number of nitrogens with zero attached hydrogens (tertiary/aromatic N) is 2. The Morgan fingerprint density at radius 3 is 2.52 bits per heavy atom. The van der Waals surface area contributed by atoms with Gasteiger partial charge in [0.25, 0.3) is 0 Å². The van der Waals surface area contributed by atoms with Crippen LogP contribution in [0.3, 0.4) is 0 Å². The van der Waals surface area contributed by atoms with Crippen molar-refractivity contribution < 1.29 is 4.74 Å². The van der Waals surface area contributed by atoms with Crippen molar-refractivity contribution in [3.63, 3.8) is 0 Å². The molecule has 0 aromatic heterocycles. The summed E-state index contributed by atoms with van der Waals surface area (Å²) >= 11 is 0. The normalized spacial score (nSPS) is 18.1. The summed E-state index contributed by atoms with van der Waals surface area (Å²) in [6.45, 7) is 8.30. The molecule has 0 bridgehead atoms. The third-order valence-corrected chi connectivity index (χ3v) is 5.21. The minimum Gasteiger partial charge on any atom is -0.385 e. The summed E-state index contributed by atoms with van der Waals surface area (Å²) in [6, 6.07) is 0.629. The molecule has 2 N–H and O–H groups in total. The quantitative estimate of drug-likeness (QED) is 0.312. The Hall–Kier alpha value is -0.0800. The average Bonchev–Trinajstić information content (AvgIpc) is 2.50. The van der Waals surface area contributed by atoms with Crippen LogP contribution >= 0.6 is 24.0 Å². The smallest absolute Gasteiger partial charge is 0.191 e. The van der Waals surface area contributed by atoms with Crippen LogP contribution in [0.15, 0.2) is 4.99 Å². The number of likely N-dealkylation sites (N-methyl/N-ethyl adjacent to an activating group) is 1. The number of rotatable bonds is 10. The molecule has 0 saturated heterocycles. The van der Waals surface area contributed by atoms with Gasteiger partial charge in [0, 0.05) is 46.4 Å². The van der Waals surface area contributed by atoms with Gasteiger partial charge >= 0.3 is 0 Å². The van der Waals surface area contributed by atoms with Crippen LogP contribution in [0.25, 0.3) is 0 Å². The van der Waals surface area contributed by atoms with Gasteiger partial charge in [0.2, 0.25) is 0 Å². The van der Waals surface area contributed by atoms with E-state index in [-0.39, 0.29) is 24.0 Å². The highest BCUT2D eigenvalue weighted by Crippen LogP contribution is 2.43. The lowest BCUT2D eigenvalue weighted by molar-refractivity contribution is 0.0732. The molecule has 1 rings (SSSR count). The number of guanidine groups is 1. The van der Waals surface area contributed by atoms with Gasteiger partial charge in [-0.1, -0.05) is 13.3 Å². The summed E-state index contributed by atoms with van der Waals surface area (Å²) < 4.78 is 5.25. The summed E-state index contributed by atoms with van der Waals surface area (Å²) in [5, 5.41) is 6.92. The molecule has 1 atom stereocenters. The Morgan fingerprint density at radius 2 is 2.04 bits per heavy atom. The maximum absolute atomic E-state index is 5.25. The van der Waals surface area contributed by atoms with Crippen LogP contribution in [0.4, 0.5) is 0 Å². The van der Waals surface area contributed by atoms with Crippen molar-refractivity contribution in [1.29, 1.82) is 0 Å². The molecule has 1 aliphatic carbocycles. The highest BCUT2D eigenvalue weighted by Gasteiger charge is 2.36. The van der Waals surface area contributed by atoms with Crippen LogP contribution in [-0.4, -0.2) is 64.3 Å². The standard InChI is InChI=1S/C17H36N4O.HI/c1-6-15(2)21(4)12-11-19-16(18-3)20-14-17(8-7-9-17)10-13-22-5;/h15H,6-14H2,1-5H3,(H2,18,19,20);1H. The molecule has 0 aromatic carbocycles. The van der Waals surface area contributed by atoms with E-state index in [2.05, 4.69) is 41.4 Å². The summed E-state index contributed by atoms with van der Waals surface area (Å²) in [5.74, 6) is 0.918.